The number of hydrogen-bond acceptors (Lipinski definition) is 5. The highest BCUT2D eigenvalue weighted by atomic mass is 16.5. The van der Waals surface area contributed by atoms with E-state index in [1.165, 1.54) is 4.57 Å². The van der Waals surface area contributed by atoms with Crippen molar-refractivity contribution in [2.45, 2.75) is 38.8 Å². The van der Waals surface area contributed by atoms with E-state index >= 15 is 0 Å². The molecule has 0 bridgehead atoms. The first-order valence-corrected chi connectivity index (χ1v) is 13.0. The maximum Gasteiger partial charge on any atom is 0.336 e. The van der Waals surface area contributed by atoms with E-state index in [4.69, 9.17) is 4.74 Å². The molecule has 0 radical (unpaired) electrons. The molecule has 39 heavy (non-hydrogen) atoms. The number of carbonyl (C=O) groups is 2. The Hall–Kier alpha value is -4.50. The summed E-state index contributed by atoms with van der Waals surface area (Å²) in [4.78, 5) is 52.2. The van der Waals surface area contributed by atoms with Gasteiger partial charge in [-0.1, -0.05) is 42.0 Å². The van der Waals surface area contributed by atoms with Crippen LogP contribution >= 0.6 is 0 Å². The molecule has 0 aliphatic carbocycles. The average Bonchev–Trinajstić information content (AvgIpc) is 3.46. The standard InChI is InChI=1S/C30H30N4O5/c1-20-8-12-22(13-9-20)32-28(36)19-33-26-7-3-2-6-25(26)29(37)34(30(33)38)23-14-10-21(11-15-23)17-27(35)31-18-24-5-4-16-39-24/h2-3,6-15,24H,4-5,16-19H2,1H3,(H,31,35)(H,32,36)/t24-/m1/s1. The number of para-hydroxylation sites is 1. The summed E-state index contributed by atoms with van der Waals surface area (Å²) in [7, 11) is 0. The molecule has 1 atom stereocenters. The number of hydrogen-bond donors (Lipinski definition) is 2. The topological polar surface area (TPSA) is 111 Å². The molecule has 1 aliphatic heterocycles. The number of benzene rings is 3. The van der Waals surface area contributed by atoms with Crippen LogP contribution in [0.15, 0.2) is 82.4 Å². The van der Waals surface area contributed by atoms with Crippen molar-refractivity contribution in [1.82, 2.24) is 14.5 Å². The molecule has 2 amide bonds. The Morgan fingerprint density at radius 2 is 1.69 bits per heavy atom. The van der Waals surface area contributed by atoms with E-state index in [0.29, 0.717) is 28.8 Å². The second-order valence-corrected chi connectivity index (χ2v) is 9.72. The van der Waals surface area contributed by atoms with Crippen LogP contribution in [0.2, 0.25) is 0 Å². The zero-order valence-electron chi connectivity index (χ0n) is 21.7. The van der Waals surface area contributed by atoms with E-state index in [2.05, 4.69) is 10.6 Å². The minimum Gasteiger partial charge on any atom is -0.376 e. The van der Waals surface area contributed by atoms with E-state index in [9.17, 15) is 19.2 Å². The number of aryl methyl sites for hydroxylation is 1. The molecule has 2 heterocycles. The molecular weight excluding hydrogens is 496 g/mol. The first-order chi connectivity index (χ1) is 18.9. The van der Waals surface area contributed by atoms with Crippen molar-refractivity contribution in [3.8, 4) is 5.69 Å². The van der Waals surface area contributed by atoms with Gasteiger partial charge in [-0.15, -0.1) is 0 Å². The van der Waals surface area contributed by atoms with Crippen LogP contribution in [-0.2, 0) is 27.3 Å². The maximum atomic E-state index is 13.6. The van der Waals surface area contributed by atoms with Crippen molar-refractivity contribution >= 4 is 28.4 Å². The number of rotatable bonds is 8. The Morgan fingerprint density at radius 1 is 0.949 bits per heavy atom. The number of amides is 2. The Morgan fingerprint density at radius 3 is 2.41 bits per heavy atom. The first kappa shape index (κ1) is 26.1. The van der Waals surface area contributed by atoms with Gasteiger partial charge >= 0.3 is 5.69 Å². The first-order valence-electron chi connectivity index (χ1n) is 13.0. The summed E-state index contributed by atoms with van der Waals surface area (Å²) in [6, 6.07) is 20.8. The van der Waals surface area contributed by atoms with Crippen molar-refractivity contribution in [1.29, 1.82) is 0 Å². The number of carbonyl (C=O) groups excluding carboxylic acids is 2. The summed E-state index contributed by atoms with van der Waals surface area (Å²) < 4.78 is 7.89. The van der Waals surface area contributed by atoms with Crippen LogP contribution < -0.4 is 21.9 Å². The number of anilines is 1. The molecule has 5 rings (SSSR count). The summed E-state index contributed by atoms with van der Waals surface area (Å²) in [5.74, 6) is -0.510. The van der Waals surface area contributed by atoms with Gasteiger partial charge in [0.1, 0.15) is 6.54 Å². The minimum absolute atomic E-state index is 0.0669. The van der Waals surface area contributed by atoms with E-state index in [1.807, 2.05) is 19.1 Å². The summed E-state index contributed by atoms with van der Waals surface area (Å²) in [5.41, 5.74) is 2.05. The zero-order chi connectivity index (χ0) is 27.4. The van der Waals surface area contributed by atoms with Crippen LogP contribution in [-0.4, -0.2) is 40.2 Å². The van der Waals surface area contributed by atoms with E-state index < -0.39 is 11.2 Å². The molecule has 0 saturated carbocycles. The monoisotopic (exact) mass is 526 g/mol. The zero-order valence-corrected chi connectivity index (χ0v) is 21.7. The van der Waals surface area contributed by atoms with Gasteiger partial charge in [-0.2, -0.15) is 0 Å². The highest BCUT2D eigenvalue weighted by Gasteiger charge is 2.18. The molecule has 1 fully saturated rings. The van der Waals surface area contributed by atoms with Gasteiger partial charge in [-0.25, -0.2) is 9.36 Å². The SMILES string of the molecule is Cc1ccc(NC(=O)Cn2c(=O)n(-c3ccc(CC(=O)NC[C@H]4CCCO4)cc3)c(=O)c3ccccc32)cc1. The van der Waals surface area contributed by atoms with Crippen LogP contribution in [0.25, 0.3) is 16.6 Å². The van der Waals surface area contributed by atoms with Gasteiger partial charge in [0, 0.05) is 18.8 Å². The molecule has 4 aromatic rings. The summed E-state index contributed by atoms with van der Waals surface area (Å²) >= 11 is 0. The lowest BCUT2D eigenvalue weighted by atomic mass is 10.1. The number of nitrogens with one attached hydrogen (secondary N) is 2. The minimum atomic E-state index is -0.625. The third-order valence-electron chi connectivity index (χ3n) is 6.80. The fraction of sp³-hybridized carbons (Fsp3) is 0.267. The van der Waals surface area contributed by atoms with Crippen LogP contribution in [0.3, 0.4) is 0 Å². The smallest absolute Gasteiger partial charge is 0.336 e. The molecule has 9 heteroatoms. The van der Waals surface area contributed by atoms with Gasteiger partial charge in [0.15, 0.2) is 0 Å². The Labute approximate surface area is 225 Å². The molecule has 0 spiro atoms. The number of aromatic nitrogens is 2. The molecule has 1 aliphatic rings. The second kappa shape index (κ2) is 11.5. The van der Waals surface area contributed by atoms with Crippen molar-refractivity contribution in [2.24, 2.45) is 0 Å². The molecular formula is C30H30N4O5. The average molecular weight is 527 g/mol. The van der Waals surface area contributed by atoms with Crippen LogP contribution in [0.4, 0.5) is 5.69 Å². The number of nitrogens with zero attached hydrogens (tertiary/aromatic N) is 2. The second-order valence-electron chi connectivity index (χ2n) is 9.72. The molecule has 1 aromatic heterocycles. The Bertz CT molecular complexity index is 1610. The summed E-state index contributed by atoms with van der Waals surface area (Å²) in [6.45, 7) is 2.90. The predicted octanol–water partition coefficient (Wildman–Crippen LogP) is 2.94. The lowest BCUT2D eigenvalue weighted by molar-refractivity contribution is -0.121. The summed E-state index contributed by atoms with van der Waals surface area (Å²) in [5, 5.41) is 6.02. The lowest BCUT2D eigenvalue weighted by Gasteiger charge is -2.15. The quantitative estimate of drug-likeness (QED) is 0.367. The fourth-order valence-corrected chi connectivity index (χ4v) is 4.73. The number of fused-ring (bicyclic) bond motifs is 1. The van der Waals surface area contributed by atoms with Crippen molar-refractivity contribution in [2.75, 3.05) is 18.5 Å². The van der Waals surface area contributed by atoms with Gasteiger partial charge < -0.3 is 15.4 Å². The van der Waals surface area contributed by atoms with Crippen molar-refractivity contribution in [3.63, 3.8) is 0 Å². The fourth-order valence-electron chi connectivity index (χ4n) is 4.73. The van der Waals surface area contributed by atoms with Crippen molar-refractivity contribution < 1.29 is 14.3 Å². The highest BCUT2D eigenvalue weighted by molar-refractivity contribution is 5.91. The highest BCUT2D eigenvalue weighted by Crippen LogP contribution is 2.14. The van der Waals surface area contributed by atoms with E-state index in [0.717, 1.165) is 35.1 Å². The van der Waals surface area contributed by atoms with Crippen LogP contribution in [0.5, 0.6) is 0 Å². The third-order valence-corrected chi connectivity index (χ3v) is 6.80. The molecule has 200 valence electrons. The Kier molecular flexibility index (Phi) is 7.69. The largest absolute Gasteiger partial charge is 0.376 e. The van der Waals surface area contributed by atoms with Crippen LogP contribution in [0, 0.1) is 6.92 Å². The normalized spacial score (nSPS) is 14.8. The van der Waals surface area contributed by atoms with E-state index in [1.54, 1.807) is 60.7 Å². The van der Waals surface area contributed by atoms with E-state index in [-0.39, 0.29) is 30.9 Å². The third kappa shape index (κ3) is 5.99. The predicted molar refractivity (Wildman–Crippen MR) is 149 cm³/mol. The maximum absolute atomic E-state index is 13.6. The lowest BCUT2D eigenvalue weighted by Crippen LogP contribution is -2.40. The van der Waals surface area contributed by atoms with Crippen LogP contribution in [0.1, 0.15) is 24.0 Å². The molecule has 0 unspecified atom stereocenters. The Balaban J connectivity index is 1.39. The molecule has 1 saturated heterocycles. The molecule has 3 aromatic carbocycles. The summed E-state index contributed by atoms with van der Waals surface area (Å²) in [6.07, 6.45) is 2.19. The number of ether oxygens (including phenoxy) is 1. The van der Waals surface area contributed by atoms with Gasteiger partial charge in [0.05, 0.1) is 29.1 Å². The van der Waals surface area contributed by atoms with Gasteiger partial charge in [0.25, 0.3) is 5.56 Å². The van der Waals surface area contributed by atoms with Gasteiger partial charge in [-0.05, 0) is 61.7 Å². The van der Waals surface area contributed by atoms with Gasteiger partial charge in [-0.3, -0.25) is 19.0 Å². The van der Waals surface area contributed by atoms with Crippen molar-refractivity contribution in [3.05, 3.63) is 105 Å². The van der Waals surface area contributed by atoms with Gasteiger partial charge in [0.2, 0.25) is 11.8 Å². The molecule has 2 N–H and O–H groups in total. The molecule has 9 nitrogen and oxygen atoms in total.